The fourth-order valence-corrected chi connectivity index (χ4v) is 6.96. The normalized spacial score (nSPS) is 14.6. The second-order valence-corrected chi connectivity index (χ2v) is 14.2. The fraction of sp³-hybridized carbons (Fsp3) is 0.510. The Bertz CT molecular complexity index is 1260. The van der Waals surface area contributed by atoms with Crippen molar-refractivity contribution < 1.29 is 0 Å². The average Bonchev–Trinajstić information content (AvgIpc) is 3.85. The van der Waals surface area contributed by atoms with E-state index in [-0.39, 0.29) is 0 Å². The summed E-state index contributed by atoms with van der Waals surface area (Å²) in [6, 6.07) is 30.1. The third-order valence-corrected chi connectivity index (χ3v) is 10.3. The van der Waals surface area contributed by atoms with Gasteiger partial charge in [-0.3, -0.25) is 0 Å². The van der Waals surface area contributed by atoms with Crippen molar-refractivity contribution in [1.29, 1.82) is 0 Å². The highest BCUT2D eigenvalue weighted by atomic mass is 14.3. The molecule has 2 aliphatic carbocycles. The molecule has 3 aromatic carbocycles. The van der Waals surface area contributed by atoms with Gasteiger partial charge in [0.05, 0.1) is 0 Å². The molecule has 268 valence electrons. The van der Waals surface area contributed by atoms with Crippen LogP contribution >= 0.6 is 0 Å². The van der Waals surface area contributed by atoms with Gasteiger partial charge in [-0.25, -0.2) is 0 Å². The summed E-state index contributed by atoms with van der Waals surface area (Å²) in [6.07, 6.45) is 20.2. The van der Waals surface area contributed by atoms with E-state index in [0.29, 0.717) is 0 Å². The molecular weight excluding hydrogens is 589 g/mol. The van der Waals surface area contributed by atoms with E-state index < -0.39 is 0 Å². The first kappa shape index (κ1) is 43.7. The molecule has 0 heteroatoms. The van der Waals surface area contributed by atoms with Crippen LogP contribution in [0.15, 0.2) is 122 Å². The summed E-state index contributed by atoms with van der Waals surface area (Å²) in [5.74, 6) is 3.50. The molecular formula is C49H72. The number of fused-ring (bicyclic) bond motifs is 1. The standard InChI is InChI=1S/C15H24.C14H24.C9H10.C8H10.C3H4/c1-4-13(3)11-14(5-2)12-15-9-7-6-8-10-15;1-4-8-14(12(3)5-2)11-13-9-6-7-10-13;1-2-5-9-7-3-6-8(9)4-1;1-2-8-6-4-3-5-7-8;1-3-2/h6-10,13-14H,4-5,11-12H2,1-3H3;13-14H,2,4,6-11H2,1,3H3;1-2,4-5H,3,6-7H2;3-7H,2H2,1H3;1-2H2. The predicted octanol–water partition coefficient (Wildman–Crippen LogP) is 14.8. The van der Waals surface area contributed by atoms with Gasteiger partial charge in [0.25, 0.3) is 0 Å². The van der Waals surface area contributed by atoms with E-state index in [9.17, 15) is 0 Å². The van der Waals surface area contributed by atoms with Crippen LogP contribution in [0.2, 0.25) is 0 Å². The minimum atomic E-state index is 0.764. The van der Waals surface area contributed by atoms with Gasteiger partial charge < -0.3 is 0 Å². The SMILES string of the molecule is C=C=C.C=C=C(C)C(CCC)CC1CCCC1.CCC(C)CC(CC)Cc1ccccc1.CCc1ccccc1.c1ccc2c(c1)CCC2. The van der Waals surface area contributed by atoms with Crippen molar-refractivity contribution in [2.45, 2.75) is 138 Å². The maximum Gasteiger partial charge on any atom is -0.0128 e. The van der Waals surface area contributed by atoms with Gasteiger partial charge in [0.1, 0.15) is 0 Å². The van der Waals surface area contributed by atoms with Gasteiger partial charge in [-0.05, 0) is 110 Å². The lowest BCUT2D eigenvalue weighted by atomic mass is 9.86. The number of hydrogen-bond acceptors (Lipinski definition) is 0. The van der Waals surface area contributed by atoms with Crippen LogP contribution in [0.3, 0.4) is 0 Å². The van der Waals surface area contributed by atoms with Crippen molar-refractivity contribution in [3.63, 3.8) is 0 Å². The summed E-state index contributed by atoms with van der Waals surface area (Å²) in [7, 11) is 0. The number of benzene rings is 3. The van der Waals surface area contributed by atoms with Crippen molar-refractivity contribution in [2.75, 3.05) is 0 Å². The lowest BCUT2D eigenvalue weighted by Crippen LogP contribution is -2.08. The molecule has 1 fully saturated rings. The molecule has 3 unspecified atom stereocenters. The van der Waals surface area contributed by atoms with Crippen molar-refractivity contribution in [3.8, 4) is 0 Å². The lowest BCUT2D eigenvalue weighted by molar-refractivity contribution is 0.371. The number of aryl methyl sites for hydroxylation is 3. The van der Waals surface area contributed by atoms with E-state index in [1.807, 2.05) is 6.07 Å². The Morgan fingerprint density at radius 3 is 1.65 bits per heavy atom. The Hall–Kier alpha value is -3.30. The van der Waals surface area contributed by atoms with Gasteiger partial charge in [0.15, 0.2) is 0 Å². The molecule has 5 rings (SSSR count). The molecule has 0 nitrogen and oxygen atoms in total. The first-order chi connectivity index (χ1) is 23.8. The van der Waals surface area contributed by atoms with Crippen molar-refractivity contribution in [2.24, 2.45) is 23.7 Å². The van der Waals surface area contributed by atoms with Gasteiger partial charge in [-0.2, -0.15) is 0 Å². The van der Waals surface area contributed by atoms with Crippen molar-refractivity contribution in [1.82, 2.24) is 0 Å². The van der Waals surface area contributed by atoms with Crippen LogP contribution < -0.4 is 0 Å². The smallest absolute Gasteiger partial charge is 0.0128 e. The minimum absolute atomic E-state index is 0.764. The Kier molecular flexibility index (Phi) is 25.5. The van der Waals surface area contributed by atoms with E-state index in [1.54, 1.807) is 11.1 Å². The summed E-state index contributed by atoms with van der Waals surface area (Å²) in [5, 5.41) is 0. The van der Waals surface area contributed by atoms with Crippen molar-refractivity contribution in [3.05, 3.63) is 144 Å². The zero-order chi connectivity index (χ0) is 36.1. The van der Waals surface area contributed by atoms with E-state index in [4.69, 9.17) is 0 Å². The molecule has 3 atom stereocenters. The van der Waals surface area contributed by atoms with Crippen LogP contribution in [-0.4, -0.2) is 0 Å². The summed E-state index contributed by atoms with van der Waals surface area (Å²) in [4.78, 5) is 0. The second kappa shape index (κ2) is 28.5. The average molecular weight is 661 g/mol. The number of allylic oxidation sites excluding steroid dienone is 1. The highest BCUT2D eigenvalue weighted by Gasteiger charge is 2.20. The van der Waals surface area contributed by atoms with Gasteiger partial charge in [0, 0.05) is 0 Å². The summed E-state index contributed by atoms with van der Waals surface area (Å²) in [6.45, 7) is 23.6. The zero-order valence-electron chi connectivity index (χ0n) is 32.6. The quantitative estimate of drug-likeness (QED) is 0.170. The van der Waals surface area contributed by atoms with E-state index in [0.717, 1.165) is 30.1 Å². The first-order valence-electron chi connectivity index (χ1n) is 19.7. The number of hydrogen-bond donors (Lipinski definition) is 0. The molecule has 0 amide bonds. The molecule has 49 heavy (non-hydrogen) atoms. The minimum Gasteiger partial charge on any atom is -0.137 e. The molecule has 0 radical (unpaired) electrons. The Morgan fingerprint density at radius 2 is 1.22 bits per heavy atom. The Morgan fingerprint density at radius 1 is 0.714 bits per heavy atom. The Balaban J connectivity index is 0.000000326. The first-order valence-corrected chi connectivity index (χ1v) is 19.7. The van der Waals surface area contributed by atoms with Crippen LogP contribution in [0.25, 0.3) is 0 Å². The second-order valence-electron chi connectivity index (χ2n) is 14.2. The molecule has 1 saturated carbocycles. The van der Waals surface area contributed by atoms with Crippen LogP contribution in [-0.2, 0) is 25.7 Å². The number of rotatable bonds is 12. The molecule has 0 aromatic heterocycles. The molecule has 0 bridgehead atoms. The molecule has 0 spiro atoms. The molecule has 0 heterocycles. The maximum atomic E-state index is 3.78. The summed E-state index contributed by atoms with van der Waals surface area (Å²) < 4.78 is 0. The third kappa shape index (κ3) is 20.1. The highest BCUT2D eigenvalue weighted by molar-refractivity contribution is 5.30. The monoisotopic (exact) mass is 661 g/mol. The lowest BCUT2D eigenvalue weighted by Gasteiger charge is -2.19. The van der Waals surface area contributed by atoms with E-state index in [2.05, 4.69) is 152 Å². The van der Waals surface area contributed by atoms with Crippen molar-refractivity contribution >= 4 is 0 Å². The molecule has 0 aliphatic heterocycles. The van der Waals surface area contributed by atoms with Gasteiger partial charge in [-0.15, -0.1) is 11.5 Å². The molecule has 3 aromatic rings. The topological polar surface area (TPSA) is 0 Å². The zero-order valence-corrected chi connectivity index (χ0v) is 32.6. The van der Waals surface area contributed by atoms with Crippen LogP contribution in [0.5, 0.6) is 0 Å². The van der Waals surface area contributed by atoms with E-state index in [1.165, 1.54) is 107 Å². The third-order valence-electron chi connectivity index (χ3n) is 10.3. The fourth-order valence-electron chi connectivity index (χ4n) is 6.96. The summed E-state index contributed by atoms with van der Waals surface area (Å²) >= 11 is 0. The molecule has 2 aliphatic rings. The van der Waals surface area contributed by atoms with Gasteiger partial charge in [0.2, 0.25) is 0 Å². The molecule has 0 N–H and O–H groups in total. The summed E-state index contributed by atoms with van der Waals surface area (Å²) in [5.41, 5.74) is 12.8. The highest BCUT2D eigenvalue weighted by Crippen LogP contribution is 2.34. The Labute approximate surface area is 304 Å². The van der Waals surface area contributed by atoms with Crippen LogP contribution in [0.1, 0.15) is 134 Å². The van der Waals surface area contributed by atoms with Gasteiger partial charge in [-0.1, -0.05) is 184 Å². The van der Waals surface area contributed by atoms with Crippen LogP contribution in [0.4, 0.5) is 0 Å². The maximum absolute atomic E-state index is 3.78. The van der Waals surface area contributed by atoms with Crippen LogP contribution in [0, 0.1) is 23.7 Å². The largest absolute Gasteiger partial charge is 0.137 e. The molecule has 0 saturated heterocycles. The van der Waals surface area contributed by atoms with Gasteiger partial charge >= 0.3 is 0 Å². The predicted molar refractivity (Wildman–Crippen MR) is 220 cm³/mol. The van der Waals surface area contributed by atoms with E-state index >= 15 is 0 Å².